The van der Waals surface area contributed by atoms with Crippen LogP contribution in [-0.2, 0) is 23.2 Å². The molecule has 0 aliphatic carbocycles. The molecule has 5 nitrogen and oxygen atoms in total. The summed E-state index contributed by atoms with van der Waals surface area (Å²) < 4.78 is 39.6. The minimum atomic E-state index is -3.96. The molecule has 2 aromatic rings. The molecule has 1 aromatic heterocycles. The lowest BCUT2D eigenvalue weighted by molar-refractivity contribution is 0.281. The highest BCUT2D eigenvalue weighted by atomic mass is 32.2. The van der Waals surface area contributed by atoms with E-state index in [4.69, 9.17) is 5.11 Å². The quantitative estimate of drug-likeness (QED) is 0.909. The van der Waals surface area contributed by atoms with Crippen LogP contribution in [-0.4, -0.2) is 29.9 Å². The van der Waals surface area contributed by atoms with Crippen LogP contribution in [0.15, 0.2) is 47.5 Å². The maximum absolute atomic E-state index is 13.9. The monoisotopic (exact) mass is 310 g/mol. The molecule has 0 atom stereocenters. The van der Waals surface area contributed by atoms with Crippen molar-refractivity contribution in [2.24, 2.45) is 0 Å². The summed E-state index contributed by atoms with van der Waals surface area (Å²) in [6, 6.07) is 8.72. The van der Waals surface area contributed by atoms with Gasteiger partial charge >= 0.3 is 0 Å². The molecule has 0 amide bonds. The van der Waals surface area contributed by atoms with Gasteiger partial charge in [0.05, 0.1) is 18.8 Å². The molecule has 1 N–H and O–H groups in total. The summed E-state index contributed by atoms with van der Waals surface area (Å²) >= 11 is 0. The maximum atomic E-state index is 13.9. The number of benzene rings is 1. The zero-order valence-electron chi connectivity index (χ0n) is 11.4. The number of aromatic nitrogens is 1. The molecule has 0 spiro atoms. The van der Waals surface area contributed by atoms with Crippen LogP contribution in [0.4, 0.5) is 4.39 Å². The van der Waals surface area contributed by atoms with Crippen LogP contribution in [0, 0.1) is 5.82 Å². The number of pyridine rings is 1. The maximum Gasteiger partial charge on any atom is 0.246 e. The standard InChI is InChI=1S/C14H15FN2O3S/c1-17(9-12-4-2-3-7-16-12)21(19,20)14-6-5-11(10-18)8-13(14)15/h2-8,18H,9-10H2,1H3. The summed E-state index contributed by atoms with van der Waals surface area (Å²) in [6.45, 7) is -0.300. The normalized spacial score (nSPS) is 11.8. The minimum Gasteiger partial charge on any atom is -0.392 e. The fourth-order valence-corrected chi connectivity index (χ4v) is 3.01. The molecule has 1 heterocycles. The number of sulfonamides is 1. The van der Waals surface area contributed by atoms with E-state index in [0.29, 0.717) is 11.3 Å². The second-order valence-corrected chi connectivity index (χ2v) is 6.52. The van der Waals surface area contributed by atoms with E-state index in [1.165, 1.54) is 13.1 Å². The van der Waals surface area contributed by atoms with Crippen LogP contribution >= 0.6 is 0 Å². The van der Waals surface area contributed by atoms with E-state index in [1.807, 2.05) is 0 Å². The average molecular weight is 310 g/mol. The highest BCUT2D eigenvalue weighted by Crippen LogP contribution is 2.20. The molecule has 7 heteroatoms. The van der Waals surface area contributed by atoms with Crippen molar-refractivity contribution in [3.8, 4) is 0 Å². The highest BCUT2D eigenvalue weighted by Gasteiger charge is 2.24. The molecule has 0 saturated carbocycles. The number of rotatable bonds is 5. The van der Waals surface area contributed by atoms with Crippen LogP contribution in [0.3, 0.4) is 0 Å². The van der Waals surface area contributed by atoms with Crippen LogP contribution in [0.1, 0.15) is 11.3 Å². The summed E-state index contributed by atoms with van der Waals surface area (Å²) in [5.74, 6) is -0.880. The van der Waals surface area contributed by atoms with Gasteiger partial charge in [0.15, 0.2) is 0 Å². The van der Waals surface area contributed by atoms with Gasteiger partial charge in [-0.25, -0.2) is 12.8 Å². The Kier molecular flexibility index (Phi) is 4.66. The third-order valence-electron chi connectivity index (χ3n) is 2.98. The van der Waals surface area contributed by atoms with Gasteiger partial charge in [-0.05, 0) is 29.8 Å². The molecule has 0 aliphatic rings. The van der Waals surface area contributed by atoms with Gasteiger partial charge in [0.1, 0.15) is 10.7 Å². The van der Waals surface area contributed by atoms with Gasteiger partial charge in [-0.1, -0.05) is 12.1 Å². The van der Waals surface area contributed by atoms with Crippen molar-refractivity contribution in [3.05, 3.63) is 59.7 Å². The Balaban J connectivity index is 2.29. The first-order chi connectivity index (χ1) is 9.95. The molecular weight excluding hydrogens is 295 g/mol. The van der Waals surface area contributed by atoms with Crippen molar-refractivity contribution in [2.45, 2.75) is 18.0 Å². The van der Waals surface area contributed by atoms with E-state index in [-0.39, 0.29) is 13.2 Å². The lowest BCUT2D eigenvalue weighted by Gasteiger charge is -2.17. The average Bonchev–Trinajstić information content (AvgIpc) is 2.47. The van der Waals surface area contributed by atoms with Crippen molar-refractivity contribution in [3.63, 3.8) is 0 Å². The third kappa shape index (κ3) is 3.44. The molecule has 0 aliphatic heterocycles. The van der Waals surface area contributed by atoms with Crippen LogP contribution in [0.2, 0.25) is 0 Å². The highest BCUT2D eigenvalue weighted by molar-refractivity contribution is 7.89. The van der Waals surface area contributed by atoms with E-state index >= 15 is 0 Å². The molecule has 0 fully saturated rings. The minimum absolute atomic E-state index is 0.0460. The Morgan fingerprint density at radius 1 is 1.29 bits per heavy atom. The number of hydrogen-bond acceptors (Lipinski definition) is 4. The number of hydrogen-bond donors (Lipinski definition) is 1. The molecule has 1 aromatic carbocycles. The number of aliphatic hydroxyl groups excluding tert-OH is 1. The lowest BCUT2D eigenvalue weighted by Crippen LogP contribution is -2.27. The summed E-state index contributed by atoms with van der Waals surface area (Å²) in [6.07, 6.45) is 1.56. The lowest BCUT2D eigenvalue weighted by atomic mass is 10.2. The van der Waals surface area contributed by atoms with Crippen molar-refractivity contribution in [2.75, 3.05) is 7.05 Å². The molecule has 0 bridgehead atoms. The van der Waals surface area contributed by atoms with Gasteiger partial charge in [-0.15, -0.1) is 0 Å². The van der Waals surface area contributed by atoms with Gasteiger partial charge in [-0.2, -0.15) is 4.31 Å². The summed E-state index contributed by atoms with van der Waals surface area (Å²) in [7, 11) is -2.59. The fourth-order valence-electron chi connectivity index (χ4n) is 1.82. The summed E-state index contributed by atoms with van der Waals surface area (Å²) in [4.78, 5) is 3.62. The van der Waals surface area contributed by atoms with Gasteiger partial charge in [0, 0.05) is 13.2 Å². The molecule has 2 rings (SSSR count). The first-order valence-corrected chi connectivity index (χ1v) is 7.64. The molecule has 112 valence electrons. The Morgan fingerprint density at radius 3 is 2.62 bits per heavy atom. The predicted octanol–water partition coefficient (Wildman–Crippen LogP) is 1.53. The predicted molar refractivity (Wildman–Crippen MR) is 75.2 cm³/mol. The topological polar surface area (TPSA) is 70.5 Å². The smallest absolute Gasteiger partial charge is 0.246 e. The largest absolute Gasteiger partial charge is 0.392 e. The van der Waals surface area contributed by atoms with E-state index < -0.39 is 20.7 Å². The van der Waals surface area contributed by atoms with Gasteiger partial charge in [0.25, 0.3) is 0 Å². The number of aliphatic hydroxyl groups is 1. The van der Waals surface area contributed by atoms with E-state index in [9.17, 15) is 12.8 Å². The molecular formula is C14H15FN2O3S. The van der Waals surface area contributed by atoms with Gasteiger partial charge in [-0.3, -0.25) is 4.98 Å². The Morgan fingerprint density at radius 2 is 2.05 bits per heavy atom. The zero-order chi connectivity index (χ0) is 15.5. The molecule has 0 radical (unpaired) electrons. The fraction of sp³-hybridized carbons (Fsp3) is 0.214. The second kappa shape index (κ2) is 6.30. The molecule has 0 unspecified atom stereocenters. The SMILES string of the molecule is CN(Cc1ccccn1)S(=O)(=O)c1ccc(CO)cc1F. The zero-order valence-corrected chi connectivity index (χ0v) is 12.2. The Hall–Kier alpha value is -1.83. The second-order valence-electron chi connectivity index (χ2n) is 4.51. The van der Waals surface area contributed by atoms with E-state index in [1.54, 1.807) is 24.4 Å². The first kappa shape index (κ1) is 15.6. The Bertz CT molecular complexity index is 720. The number of nitrogens with zero attached hydrogens (tertiary/aromatic N) is 2. The third-order valence-corrected chi connectivity index (χ3v) is 4.81. The Labute approximate surface area is 122 Å². The van der Waals surface area contributed by atoms with Crippen LogP contribution in [0.5, 0.6) is 0 Å². The van der Waals surface area contributed by atoms with E-state index in [0.717, 1.165) is 16.4 Å². The van der Waals surface area contributed by atoms with Gasteiger partial charge < -0.3 is 5.11 Å². The van der Waals surface area contributed by atoms with Crippen molar-refractivity contribution in [1.29, 1.82) is 0 Å². The van der Waals surface area contributed by atoms with Crippen molar-refractivity contribution in [1.82, 2.24) is 9.29 Å². The summed E-state index contributed by atoms with van der Waals surface area (Å²) in [5, 5.41) is 8.92. The summed E-state index contributed by atoms with van der Waals surface area (Å²) in [5.41, 5.74) is 0.884. The molecule has 21 heavy (non-hydrogen) atoms. The van der Waals surface area contributed by atoms with Crippen molar-refractivity contribution >= 4 is 10.0 Å². The number of halogens is 1. The van der Waals surface area contributed by atoms with Crippen LogP contribution < -0.4 is 0 Å². The van der Waals surface area contributed by atoms with E-state index in [2.05, 4.69) is 4.98 Å². The first-order valence-electron chi connectivity index (χ1n) is 6.20. The van der Waals surface area contributed by atoms with Crippen LogP contribution in [0.25, 0.3) is 0 Å². The van der Waals surface area contributed by atoms with Gasteiger partial charge in [0.2, 0.25) is 10.0 Å². The van der Waals surface area contributed by atoms with Crippen molar-refractivity contribution < 1.29 is 17.9 Å². The molecule has 0 saturated heterocycles.